The first-order chi connectivity index (χ1) is 13.8. The molecule has 2 fully saturated rings. The van der Waals surface area contributed by atoms with E-state index in [9.17, 15) is 0 Å². The molecule has 2 heterocycles. The Morgan fingerprint density at radius 1 is 1.17 bits per heavy atom. The lowest BCUT2D eigenvalue weighted by Gasteiger charge is -2.34. The van der Waals surface area contributed by atoms with Crippen LogP contribution in [0.4, 0.5) is 0 Å². The minimum Gasteiger partial charge on any atom is -0.381 e. The number of nitrogens with one attached hydrogen (secondary N) is 2. The normalized spacial score (nSPS) is 20.7. The molecule has 2 N–H and O–H groups in total. The largest absolute Gasteiger partial charge is 0.381 e. The SMILES string of the molecule is CCNC(=NCC1(OC)CCOCC1)NCC(c1ccccc1)N1CCCC1.I. The van der Waals surface area contributed by atoms with Crippen molar-refractivity contribution in [1.82, 2.24) is 15.5 Å². The van der Waals surface area contributed by atoms with Gasteiger partial charge in [0, 0.05) is 46.3 Å². The van der Waals surface area contributed by atoms with Crippen LogP contribution in [0.5, 0.6) is 0 Å². The van der Waals surface area contributed by atoms with Gasteiger partial charge in [0.15, 0.2) is 5.96 Å². The summed E-state index contributed by atoms with van der Waals surface area (Å²) in [6, 6.07) is 11.2. The second kappa shape index (κ2) is 12.7. The number of benzene rings is 1. The molecule has 0 radical (unpaired) electrons. The van der Waals surface area contributed by atoms with Gasteiger partial charge in [-0.1, -0.05) is 30.3 Å². The summed E-state index contributed by atoms with van der Waals surface area (Å²) < 4.78 is 11.3. The van der Waals surface area contributed by atoms with E-state index >= 15 is 0 Å². The number of hydrogen-bond donors (Lipinski definition) is 2. The average molecular weight is 516 g/mol. The number of hydrogen-bond acceptors (Lipinski definition) is 4. The van der Waals surface area contributed by atoms with Crippen LogP contribution in [0.25, 0.3) is 0 Å². The molecule has 29 heavy (non-hydrogen) atoms. The van der Waals surface area contributed by atoms with Crippen molar-refractivity contribution in [3.63, 3.8) is 0 Å². The van der Waals surface area contributed by atoms with Crippen LogP contribution in [0, 0.1) is 0 Å². The second-order valence-electron chi connectivity index (χ2n) is 7.75. The van der Waals surface area contributed by atoms with Crippen molar-refractivity contribution in [3.05, 3.63) is 35.9 Å². The Kier molecular flexibility index (Phi) is 10.7. The summed E-state index contributed by atoms with van der Waals surface area (Å²) in [4.78, 5) is 7.45. The Balaban J connectivity index is 0.00000300. The number of guanidine groups is 1. The molecule has 0 amide bonds. The monoisotopic (exact) mass is 516 g/mol. The first-order valence-electron chi connectivity index (χ1n) is 10.7. The Morgan fingerprint density at radius 2 is 1.86 bits per heavy atom. The molecular formula is C22H37IN4O2. The maximum absolute atomic E-state index is 5.83. The van der Waals surface area contributed by atoms with Crippen LogP contribution < -0.4 is 10.6 Å². The van der Waals surface area contributed by atoms with Gasteiger partial charge in [-0.05, 0) is 38.4 Å². The smallest absolute Gasteiger partial charge is 0.191 e. The van der Waals surface area contributed by atoms with Crippen molar-refractivity contribution in [3.8, 4) is 0 Å². The first kappa shape index (κ1) is 24.4. The highest BCUT2D eigenvalue weighted by Crippen LogP contribution is 2.26. The van der Waals surface area contributed by atoms with Crippen molar-refractivity contribution in [2.45, 2.75) is 44.2 Å². The molecule has 6 nitrogen and oxygen atoms in total. The highest BCUT2D eigenvalue weighted by Gasteiger charge is 2.32. The van der Waals surface area contributed by atoms with Crippen LogP contribution >= 0.6 is 24.0 Å². The summed E-state index contributed by atoms with van der Waals surface area (Å²) in [5, 5.41) is 6.98. The fourth-order valence-corrected chi connectivity index (χ4v) is 4.11. The van der Waals surface area contributed by atoms with Gasteiger partial charge in [-0.2, -0.15) is 0 Å². The Labute approximate surface area is 192 Å². The topological polar surface area (TPSA) is 58.1 Å². The van der Waals surface area contributed by atoms with E-state index in [0.29, 0.717) is 12.6 Å². The molecule has 3 rings (SSSR count). The van der Waals surface area contributed by atoms with Gasteiger partial charge in [0.25, 0.3) is 0 Å². The minimum atomic E-state index is -0.200. The summed E-state index contributed by atoms with van der Waals surface area (Å²) >= 11 is 0. The van der Waals surface area contributed by atoms with E-state index in [1.807, 2.05) is 0 Å². The molecule has 0 spiro atoms. The van der Waals surface area contributed by atoms with E-state index in [1.54, 1.807) is 7.11 Å². The zero-order valence-corrected chi connectivity index (χ0v) is 20.2. The zero-order chi connectivity index (χ0) is 19.7. The third kappa shape index (κ3) is 7.08. The molecule has 1 aromatic rings. The lowest BCUT2D eigenvalue weighted by atomic mass is 9.94. The van der Waals surface area contributed by atoms with E-state index < -0.39 is 0 Å². The van der Waals surface area contributed by atoms with Crippen LogP contribution in [-0.4, -0.2) is 69.5 Å². The first-order valence-corrected chi connectivity index (χ1v) is 10.7. The molecule has 0 saturated carbocycles. The second-order valence-corrected chi connectivity index (χ2v) is 7.75. The van der Waals surface area contributed by atoms with Gasteiger partial charge >= 0.3 is 0 Å². The van der Waals surface area contributed by atoms with Gasteiger partial charge in [-0.3, -0.25) is 9.89 Å². The molecule has 1 aromatic carbocycles. The van der Waals surface area contributed by atoms with Crippen molar-refractivity contribution in [2.24, 2.45) is 4.99 Å². The summed E-state index contributed by atoms with van der Waals surface area (Å²) in [5.74, 6) is 0.866. The Hall–Kier alpha value is -0.900. The van der Waals surface area contributed by atoms with Crippen LogP contribution in [0.2, 0.25) is 0 Å². The van der Waals surface area contributed by atoms with Crippen molar-refractivity contribution in [2.75, 3.05) is 53.0 Å². The van der Waals surface area contributed by atoms with Crippen molar-refractivity contribution < 1.29 is 9.47 Å². The fourth-order valence-electron chi connectivity index (χ4n) is 4.11. The maximum atomic E-state index is 5.83. The molecule has 2 aliphatic heterocycles. The van der Waals surface area contributed by atoms with E-state index in [4.69, 9.17) is 14.5 Å². The quantitative estimate of drug-likeness (QED) is 0.316. The van der Waals surface area contributed by atoms with E-state index in [1.165, 1.54) is 31.5 Å². The van der Waals surface area contributed by atoms with Gasteiger partial charge in [0.2, 0.25) is 0 Å². The van der Waals surface area contributed by atoms with Crippen LogP contribution in [0.3, 0.4) is 0 Å². The Morgan fingerprint density at radius 3 is 2.48 bits per heavy atom. The number of methoxy groups -OCH3 is 1. The van der Waals surface area contributed by atoms with Crippen LogP contribution in [-0.2, 0) is 9.47 Å². The summed E-state index contributed by atoms with van der Waals surface area (Å²) in [7, 11) is 1.79. The third-order valence-electron chi connectivity index (χ3n) is 5.94. The molecule has 1 unspecified atom stereocenters. The molecule has 2 saturated heterocycles. The number of rotatable bonds is 8. The predicted octanol–water partition coefficient (Wildman–Crippen LogP) is 3.19. The van der Waals surface area contributed by atoms with E-state index in [0.717, 1.165) is 45.1 Å². The predicted molar refractivity (Wildman–Crippen MR) is 129 cm³/mol. The Bertz CT molecular complexity index is 602. The lowest BCUT2D eigenvalue weighted by molar-refractivity contribution is -0.0828. The van der Waals surface area contributed by atoms with E-state index in [2.05, 4.69) is 52.8 Å². The summed E-state index contributed by atoms with van der Waals surface area (Å²) in [6.45, 7) is 8.28. The molecule has 0 bridgehead atoms. The average Bonchev–Trinajstić information content (AvgIpc) is 3.28. The molecule has 7 heteroatoms. The molecular weight excluding hydrogens is 479 g/mol. The van der Waals surface area contributed by atoms with Gasteiger partial charge in [0.1, 0.15) is 0 Å². The molecule has 0 aliphatic carbocycles. The minimum absolute atomic E-state index is 0. The van der Waals surface area contributed by atoms with Gasteiger partial charge in [-0.15, -0.1) is 24.0 Å². The van der Waals surface area contributed by atoms with Crippen molar-refractivity contribution in [1.29, 1.82) is 0 Å². The standard InChI is InChI=1S/C22H36N4O2.HI/c1-3-23-21(25-18-22(27-2)11-15-28-16-12-22)24-17-20(26-13-7-8-14-26)19-9-5-4-6-10-19;/h4-6,9-10,20H,3,7-8,11-18H2,1-2H3,(H2,23,24,25);1H. The van der Waals surface area contributed by atoms with Crippen LogP contribution in [0.15, 0.2) is 35.3 Å². The van der Waals surface area contributed by atoms with E-state index in [-0.39, 0.29) is 29.6 Å². The number of halogens is 1. The zero-order valence-electron chi connectivity index (χ0n) is 17.9. The maximum Gasteiger partial charge on any atom is 0.191 e. The molecule has 0 aromatic heterocycles. The fraction of sp³-hybridized carbons (Fsp3) is 0.682. The summed E-state index contributed by atoms with van der Waals surface area (Å²) in [6.07, 6.45) is 4.37. The summed E-state index contributed by atoms with van der Waals surface area (Å²) in [5.41, 5.74) is 1.17. The number of ether oxygens (including phenoxy) is 2. The number of aliphatic imine (C=N–C) groups is 1. The number of nitrogens with zero attached hydrogens (tertiary/aromatic N) is 2. The number of likely N-dealkylation sites (tertiary alicyclic amines) is 1. The lowest BCUT2D eigenvalue weighted by Crippen LogP contribution is -2.45. The highest BCUT2D eigenvalue weighted by molar-refractivity contribution is 14.0. The van der Waals surface area contributed by atoms with Crippen LogP contribution in [0.1, 0.15) is 44.2 Å². The third-order valence-corrected chi connectivity index (χ3v) is 5.94. The molecule has 2 aliphatic rings. The van der Waals surface area contributed by atoms with Gasteiger partial charge < -0.3 is 20.1 Å². The van der Waals surface area contributed by atoms with Crippen molar-refractivity contribution >= 4 is 29.9 Å². The molecule has 164 valence electrons. The van der Waals surface area contributed by atoms with Gasteiger partial charge in [-0.25, -0.2) is 0 Å². The molecule has 1 atom stereocenters. The highest BCUT2D eigenvalue weighted by atomic mass is 127. The van der Waals surface area contributed by atoms with Gasteiger partial charge in [0.05, 0.1) is 18.2 Å².